The van der Waals surface area contributed by atoms with E-state index in [0.29, 0.717) is 36.8 Å². The molecule has 0 saturated carbocycles. The van der Waals surface area contributed by atoms with Gasteiger partial charge in [-0.25, -0.2) is 8.42 Å². The smallest absolute Gasteiger partial charge is 0.243 e. The van der Waals surface area contributed by atoms with Crippen molar-refractivity contribution in [1.29, 1.82) is 0 Å². The molecule has 0 atom stereocenters. The molecule has 0 unspecified atom stereocenters. The largest absolute Gasteiger partial charge is 0.388 e. The van der Waals surface area contributed by atoms with Gasteiger partial charge in [0.15, 0.2) is 5.78 Å². The van der Waals surface area contributed by atoms with E-state index in [1.807, 2.05) is 24.3 Å². The summed E-state index contributed by atoms with van der Waals surface area (Å²) in [5.41, 5.74) is 1.67. The van der Waals surface area contributed by atoms with Crippen molar-refractivity contribution in [2.75, 3.05) is 37.7 Å². The summed E-state index contributed by atoms with van der Waals surface area (Å²) >= 11 is 6.04. The molecule has 0 spiro atoms. The number of anilines is 1. The van der Waals surface area contributed by atoms with Crippen LogP contribution < -0.4 is 4.90 Å². The summed E-state index contributed by atoms with van der Waals surface area (Å²) in [7, 11) is -3.58. The second kappa shape index (κ2) is 8.87. The SMILES string of the molecule is O=C(/C=C/c1ccc(S(=O)(=O)N2CCN(c3cccc(Cl)c3)CC2)cc1)CO. The molecule has 2 aromatic rings. The molecule has 0 aromatic heterocycles. The van der Waals surface area contributed by atoms with Gasteiger partial charge >= 0.3 is 0 Å². The van der Waals surface area contributed by atoms with Crippen molar-refractivity contribution in [3.05, 3.63) is 65.2 Å². The number of nitrogens with zero attached hydrogens (tertiary/aromatic N) is 2. The Bertz CT molecular complexity index is 966. The van der Waals surface area contributed by atoms with Gasteiger partial charge < -0.3 is 10.0 Å². The number of ketones is 1. The van der Waals surface area contributed by atoms with Crippen molar-refractivity contribution in [3.8, 4) is 0 Å². The predicted octanol–water partition coefficient (Wildman–Crippen LogP) is 2.43. The van der Waals surface area contributed by atoms with Gasteiger partial charge in [-0.05, 0) is 42.0 Å². The third-order valence-corrected chi connectivity index (χ3v) is 6.70. The van der Waals surface area contributed by atoms with E-state index in [4.69, 9.17) is 16.7 Å². The van der Waals surface area contributed by atoms with Gasteiger partial charge in [-0.2, -0.15) is 4.31 Å². The van der Waals surface area contributed by atoms with Gasteiger partial charge in [0.1, 0.15) is 6.61 Å². The Kier molecular flexibility index (Phi) is 6.51. The van der Waals surface area contributed by atoms with Crippen molar-refractivity contribution in [2.24, 2.45) is 0 Å². The molecule has 148 valence electrons. The van der Waals surface area contributed by atoms with Gasteiger partial charge in [0.2, 0.25) is 10.0 Å². The third kappa shape index (κ3) is 4.80. The fourth-order valence-electron chi connectivity index (χ4n) is 3.00. The number of aliphatic hydroxyl groups excluding tert-OH is 1. The maximum Gasteiger partial charge on any atom is 0.243 e. The molecule has 1 aliphatic rings. The number of carbonyl (C=O) groups excluding carboxylic acids is 1. The number of carbonyl (C=O) groups is 1. The lowest BCUT2D eigenvalue weighted by Gasteiger charge is -2.35. The Morgan fingerprint density at radius 2 is 1.75 bits per heavy atom. The van der Waals surface area contributed by atoms with E-state index in [1.165, 1.54) is 22.5 Å². The van der Waals surface area contributed by atoms with E-state index in [0.717, 1.165) is 5.69 Å². The van der Waals surface area contributed by atoms with Crippen LogP contribution in [0.15, 0.2) is 59.5 Å². The lowest BCUT2D eigenvalue weighted by atomic mass is 10.2. The van der Waals surface area contributed by atoms with Gasteiger partial charge in [-0.3, -0.25) is 4.79 Å². The number of hydrogen-bond donors (Lipinski definition) is 1. The molecule has 8 heteroatoms. The van der Waals surface area contributed by atoms with Gasteiger partial charge in [-0.1, -0.05) is 35.9 Å². The molecule has 6 nitrogen and oxygen atoms in total. The molecule has 0 bridgehead atoms. The Morgan fingerprint density at radius 3 is 2.36 bits per heavy atom. The lowest BCUT2D eigenvalue weighted by Crippen LogP contribution is -2.48. The summed E-state index contributed by atoms with van der Waals surface area (Å²) < 4.78 is 27.3. The second-order valence-electron chi connectivity index (χ2n) is 6.40. The number of sulfonamides is 1. The summed E-state index contributed by atoms with van der Waals surface area (Å²) in [6, 6.07) is 13.9. The Morgan fingerprint density at radius 1 is 1.07 bits per heavy atom. The molecule has 1 aliphatic heterocycles. The fraction of sp³-hybridized carbons (Fsp3) is 0.250. The van der Waals surface area contributed by atoms with Crippen molar-refractivity contribution in [2.45, 2.75) is 4.90 Å². The molecule has 2 aromatic carbocycles. The molecule has 1 saturated heterocycles. The number of rotatable bonds is 6. The van der Waals surface area contributed by atoms with Gasteiger partial charge in [0.05, 0.1) is 4.90 Å². The van der Waals surface area contributed by atoms with Crippen LogP contribution in [0, 0.1) is 0 Å². The Hall–Kier alpha value is -2.19. The highest BCUT2D eigenvalue weighted by Gasteiger charge is 2.28. The van der Waals surface area contributed by atoms with Crippen LogP contribution in [-0.4, -0.2) is 56.4 Å². The Labute approximate surface area is 169 Å². The number of aliphatic hydroxyl groups is 1. The first-order chi connectivity index (χ1) is 13.4. The fourth-order valence-corrected chi connectivity index (χ4v) is 4.61. The van der Waals surface area contributed by atoms with Crippen LogP contribution >= 0.6 is 11.6 Å². The molecular weight excluding hydrogens is 400 g/mol. The topological polar surface area (TPSA) is 77.9 Å². The first-order valence-electron chi connectivity index (χ1n) is 8.82. The molecule has 3 rings (SSSR count). The summed E-state index contributed by atoms with van der Waals surface area (Å²) in [6.45, 7) is 1.40. The molecule has 1 N–H and O–H groups in total. The van der Waals surface area contributed by atoms with Crippen LogP contribution in [0.5, 0.6) is 0 Å². The lowest BCUT2D eigenvalue weighted by molar-refractivity contribution is -0.117. The van der Waals surface area contributed by atoms with Crippen LogP contribution in [0.2, 0.25) is 5.02 Å². The quantitative estimate of drug-likeness (QED) is 0.726. The van der Waals surface area contributed by atoms with E-state index >= 15 is 0 Å². The number of hydrogen-bond acceptors (Lipinski definition) is 5. The van der Waals surface area contributed by atoms with Gasteiger partial charge in [0, 0.05) is 36.9 Å². The first-order valence-corrected chi connectivity index (χ1v) is 10.6. The summed E-state index contributed by atoms with van der Waals surface area (Å²) in [5, 5.41) is 9.37. The van der Waals surface area contributed by atoms with Gasteiger partial charge in [-0.15, -0.1) is 0 Å². The van der Waals surface area contributed by atoms with Crippen molar-refractivity contribution in [1.82, 2.24) is 4.31 Å². The summed E-state index contributed by atoms with van der Waals surface area (Å²) in [6.07, 6.45) is 2.80. The van der Waals surface area contributed by atoms with E-state index in [-0.39, 0.29) is 4.90 Å². The minimum atomic E-state index is -3.58. The van der Waals surface area contributed by atoms with Crippen LogP contribution in [0.25, 0.3) is 6.08 Å². The number of piperazine rings is 1. The zero-order valence-corrected chi connectivity index (χ0v) is 16.7. The van der Waals surface area contributed by atoms with Crippen molar-refractivity contribution < 1.29 is 18.3 Å². The zero-order chi connectivity index (χ0) is 20.1. The predicted molar refractivity (Wildman–Crippen MR) is 110 cm³/mol. The van der Waals surface area contributed by atoms with Crippen LogP contribution in [0.4, 0.5) is 5.69 Å². The van der Waals surface area contributed by atoms with E-state index < -0.39 is 22.4 Å². The average molecular weight is 421 g/mol. The van der Waals surface area contributed by atoms with Crippen LogP contribution in [0.1, 0.15) is 5.56 Å². The number of halogens is 1. The van der Waals surface area contributed by atoms with Crippen molar-refractivity contribution in [3.63, 3.8) is 0 Å². The van der Waals surface area contributed by atoms with Crippen LogP contribution in [0.3, 0.4) is 0 Å². The maximum atomic E-state index is 12.9. The maximum absolute atomic E-state index is 12.9. The monoisotopic (exact) mass is 420 g/mol. The molecule has 0 amide bonds. The molecule has 0 radical (unpaired) electrons. The molecule has 28 heavy (non-hydrogen) atoms. The molecule has 1 fully saturated rings. The normalized spacial score (nSPS) is 15.9. The van der Waals surface area contributed by atoms with E-state index in [1.54, 1.807) is 18.2 Å². The Balaban J connectivity index is 1.67. The second-order valence-corrected chi connectivity index (χ2v) is 8.77. The van der Waals surface area contributed by atoms with E-state index in [2.05, 4.69) is 4.90 Å². The van der Waals surface area contributed by atoms with Crippen molar-refractivity contribution >= 4 is 39.2 Å². The summed E-state index contributed by atoms with van der Waals surface area (Å²) in [5.74, 6) is -0.408. The van der Waals surface area contributed by atoms with Gasteiger partial charge in [0.25, 0.3) is 0 Å². The minimum Gasteiger partial charge on any atom is -0.388 e. The highest BCUT2D eigenvalue weighted by atomic mass is 35.5. The highest BCUT2D eigenvalue weighted by molar-refractivity contribution is 7.89. The average Bonchev–Trinajstić information content (AvgIpc) is 2.72. The van der Waals surface area contributed by atoms with Crippen LogP contribution in [-0.2, 0) is 14.8 Å². The third-order valence-electron chi connectivity index (χ3n) is 4.55. The first kappa shape index (κ1) is 20.5. The number of benzene rings is 2. The zero-order valence-electron chi connectivity index (χ0n) is 15.2. The molecule has 0 aliphatic carbocycles. The highest BCUT2D eigenvalue weighted by Crippen LogP contribution is 2.23. The molecular formula is C20H21ClN2O4S. The standard InChI is InChI=1S/C20H21ClN2O4S/c21-17-2-1-3-18(14-17)22-10-12-23(13-11-22)28(26,27)20-8-5-16(6-9-20)4-7-19(25)15-24/h1-9,14,24H,10-13,15H2/b7-4+. The molecule has 1 heterocycles. The van der Waals surface area contributed by atoms with E-state index in [9.17, 15) is 13.2 Å². The minimum absolute atomic E-state index is 0.217. The summed E-state index contributed by atoms with van der Waals surface area (Å²) in [4.78, 5) is 13.4.